The second kappa shape index (κ2) is 24.3. The van der Waals surface area contributed by atoms with E-state index in [1.165, 1.54) is 0 Å². The maximum absolute atomic E-state index is 8.88. The summed E-state index contributed by atoms with van der Waals surface area (Å²) < 4.78 is 26.6. The van der Waals surface area contributed by atoms with Crippen molar-refractivity contribution in [3.05, 3.63) is 0 Å². The fraction of sp³-hybridized carbons (Fsp3) is 0. The van der Waals surface area contributed by atoms with Crippen LogP contribution in [-0.2, 0) is 13.7 Å². The summed E-state index contributed by atoms with van der Waals surface area (Å²) in [6.07, 6.45) is 0. The van der Waals surface area contributed by atoms with Gasteiger partial charge >= 0.3 is 174 Å². The van der Waals surface area contributed by atoms with Gasteiger partial charge in [0.2, 0.25) is 0 Å². The molecule has 0 amide bonds. The molecule has 0 atom stereocenters. The first-order valence-electron chi connectivity index (χ1n) is 2.35. The van der Waals surface area contributed by atoms with Crippen molar-refractivity contribution < 1.29 is 74.6 Å². The molecule has 0 aliphatic rings. The van der Waals surface area contributed by atoms with Crippen molar-refractivity contribution in [3.8, 4) is 0 Å². The molecule has 20 heavy (non-hydrogen) atoms. The van der Waals surface area contributed by atoms with Gasteiger partial charge in [-0.25, -0.2) is 13.7 Å². The average Bonchev–Trinajstić information content (AvgIpc) is 1.41. The van der Waals surface area contributed by atoms with Gasteiger partial charge in [-0.1, -0.05) is 0 Å². The summed E-state index contributed by atoms with van der Waals surface area (Å²) >= 11 is 0. The molecule has 0 unspecified atom stereocenters. The molecule has 0 aromatic heterocycles. The van der Waals surface area contributed by atoms with E-state index in [4.69, 9.17) is 57.7 Å². The van der Waals surface area contributed by atoms with E-state index in [0.717, 1.165) is 0 Å². The van der Waals surface area contributed by atoms with Crippen LogP contribution in [0.15, 0.2) is 0 Å². The smallest absolute Gasteiger partial charge is 1.00 e. The normalized spacial score (nSPS) is 8.85. The van der Waals surface area contributed by atoms with E-state index >= 15 is 0 Å². The molecular formula is H19Ca4O13P3. The van der Waals surface area contributed by atoms with Crippen molar-refractivity contribution >= 4 is 174 Å². The van der Waals surface area contributed by atoms with Crippen LogP contribution in [0.5, 0.6) is 0 Å². The molecule has 0 fully saturated rings. The van der Waals surface area contributed by atoms with Crippen LogP contribution in [0.4, 0.5) is 0 Å². The fourth-order valence-electron chi connectivity index (χ4n) is 0. The zero-order valence-corrected chi connectivity index (χ0v) is 21.4. The van der Waals surface area contributed by atoms with Crippen LogP contribution < -0.4 is 0 Å². The Balaban J connectivity index is -0.00000000447. The van der Waals surface area contributed by atoms with Crippen molar-refractivity contribution in [2.45, 2.75) is 0 Å². The van der Waals surface area contributed by atoms with E-state index in [-0.39, 0.29) is 168 Å². The molecule has 120 valence electrons. The van der Waals surface area contributed by atoms with Crippen LogP contribution in [0.25, 0.3) is 0 Å². The van der Waals surface area contributed by atoms with Gasteiger partial charge in [-0.2, -0.15) is 0 Å². The Morgan fingerprint density at radius 2 is 0.450 bits per heavy atom. The van der Waals surface area contributed by atoms with Gasteiger partial charge < -0.3 is 60.9 Å². The van der Waals surface area contributed by atoms with Gasteiger partial charge in [-0.15, -0.1) is 0 Å². The van der Waals surface area contributed by atoms with Crippen LogP contribution in [0, 0.1) is 0 Å². The van der Waals surface area contributed by atoms with E-state index in [2.05, 4.69) is 0 Å². The molecule has 0 saturated heterocycles. The zero-order valence-electron chi connectivity index (χ0n) is 17.9. The van der Waals surface area contributed by atoms with Crippen LogP contribution in [-0.4, -0.2) is 200 Å². The minimum Gasteiger partial charge on any atom is -1.00 e. The first kappa shape index (κ1) is 49.9. The molecule has 0 spiro atoms. The summed E-state index contributed by atoms with van der Waals surface area (Å²) in [5.41, 5.74) is 0. The molecule has 0 radical (unpaired) electrons. The quantitative estimate of drug-likeness (QED) is 0.118. The second-order valence-electron chi connectivity index (χ2n) is 1.54. The van der Waals surface area contributed by atoms with Gasteiger partial charge in [0, 0.05) is 0 Å². The fourth-order valence-corrected chi connectivity index (χ4v) is 0. The molecule has 0 bridgehead atoms. The predicted octanol–water partition coefficient (Wildman–Crippen LogP) is -4.23. The first-order valence-corrected chi connectivity index (χ1v) is 7.04. The van der Waals surface area contributed by atoms with Gasteiger partial charge in [-0.05, 0) is 0 Å². The van der Waals surface area contributed by atoms with Crippen molar-refractivity contribution in [1.82, 2.24) is 0 Å². The predicted molar refractivity (Wildman–Crippen MR) is 78.3 cm³/mol. The van der Waals surface area contributed by atoms with Gasteiger partial charge in [0.1, 0.15) is 0 Å². The van der Waals surface area contributed by atoms with Gasteiger partial charge in [0.05, 0.1) is 0 Å². The van der Waals surface area contributed by atoms with Crippen molar-refractivity contribution in [2.24, 2.45) is 0 Å². The Kier molecular flexibility index (Phi) is 60.7. The Labute approximate surface area is 244 Å². The number of hydrogen-bond donors (Lipinski definition) is 9. The summed E-state index contributed by atoms with van der Waals surface area (Å²) in [6, 6.07) is 0. The molecule has 0 aromatic carbocycles. The first-order chi connectivity index (χ1) is 6.00. The summed E-state index contributed by atoms with van der Waals surface area (Å²) in [5, 5.41) is 0. The molecule has 13 nitrogen and oxygen atoms in total. The molecule has 0 heterocycles. The SMILES string of the molecule is O.O=P(O)(O)O.O=P(O)(O)O.O=P(O)(O)O.[Ca+2].[Ca+2].[Ca+2].[Ca+2].[H-].[H-].[H-].[H-].[H-].[H-].[H-].[H-]. The average molecular weight is 480 g/mol. The minimum atomic E-state index is -4.64. The number of phosphoric acid groups is 3. The van der Waals surface area contributed by atoms with Gasteiger partial charge in [-0.3, -0.25) is 0 Å². The molecule has 11 N–H and O–H groups in total. The van der Waals surface area contributed by atoms with Crippen molar-refractivity contribution in [3.63, 3.8) is 0 Å². The third kappa shape index (κ3) is 410. The van der Waals surface area contributed by atoms with Crippen LogP contribution in [0.2, 0.25) is 0 Å². The monoisotopic (exact) mass is 480 g/mol. The number of hydrogen-bond acceptors (Lipinski definition) is 3. The topological polar surface area (TPSA) is 265 Å². The van der Waals surface area contributed by atoms with E-state index < -0.39 is 23.5 Å². The summed E-state index contributed by atoms with van der Waals surface area (Å²) in [4.78, 5) is 64.7. The Bertz CT molecular complexity index is 236. The molecule has 0 rings (SSSR count). The third-order valence-electron chi connectivity index (χ3n) is 0. The van der Waals surface area contributed by atoms with Crippen LogP contribution in [0.3, 0.4) is 0 Å². The Hall–Kier alpha value is 5.33. The third-order valence-corrected chi connectivity index (χ3v) is 0. The number of rotatable bonds is 0. The largest absolute Gasteiger partial charge is 2.00 e. The van der Waals surface area contributed by atoms with Crippen molar-refractivity contribution in [1.29, 1.82) is 0 Å². The molecular weight excluding hydrogens is 461 g/mol. The molecule has 0 saturated carbocycles. The molecule has 0 aromatic rings. The Morgan fingerprint density at radius 3 is 0.450 bits per heavy atom. The Morgan fingerprint density at radius 1 is 0.450 bits per heavy atom. The van der Waals surface area contributed by atoms with Gasteiger partial charge in [0.25, 0.3) is 0 Å². The van der Waals surface area contributed by atoms with E-state index in [9.17, 15) is 0 Å². The van der Waals surface area contributed by atoms with E-state index in [0.29, 0.717) is 0 Å². The van der Waals surface area contributed by atoms with E-state index in [1.54, 1.807) is 0 Å². The standard InChI is InChI=1S/4Ca.3H3O4P.H2O.8H/c;;;;3*1-5(2,3)4;;;;;;;;;/h;;;;3*(H3,1,2,3,4);1H2;;;;;;;;/q4*+2;;;;;8*-1. The maximum Gasteiger partial charge on any atom is 2.00 e. The molecule has 0 aliphatic heterocycles. The maximum atomic E-state index is 8.88. The van der Waals surface area contributed by atoms with Crippen LogP contribution in [0.1, 0.15) is 11.4 Å². The second-order valence-corrected chi connectivity index (χ2v) is 4.62. The summed E-state index contributed by atoms with van der Waals surface area (Å²) in [5.74, 6) is 0. The van der Waals surface area contributed by atoms with Crippen molar-refractivity contribution in [2.75, 3.05) is 0 Å². The molecule has 20 heteroatoms. The van der Waals surface area contributed by atoms with Crippen LogP contribution >= 0.6 is 23.5 Å². The van der Waals surface area contributed by atoms with Gasteiger partial charge in [0.15, 0.2) is 0 Å². The summed E-state index contributed by atoms with van der Waals surface area (Å²) in [7, 11) is -13.9. The van der Waals surface area contributed by atoms with E-state index in [1.807, 2.05) is 0 Å². The minimum absolute atomic E-state index is 0. The molecule has 0 aliphatic carbocycles. The summed E-state index contributed by atoms with van der Waals surface area (Å²) in [6.45, 7) is 0. The zero-order chi connectivity index (χ0) is 13.5.